The maximum atomic E-state index is 11.8. The van der Waals surface area contributed by atoms with Gasteiger partial charge in [-0.3, -0.25) is 9.59 Å². The molecule has 1 amide bonds. The van der Waals surface area contributed by atoms with Crippen molar-refractivity contribution in [3.05, 3.63) is 29.8 Å². The van der Waals surface area contributed by atoms with Crippen LogP contribution in [0.25, 0.3) is 0 Å². The highest BCUT2D eigenvalue weighted by Gasteiger charge is 2.16. The van der Waals surface area contributed by atoms with Crippen molar-refractivity contribution >= 4 is 27.4 Å². The summed E-state index contributed by atoms with van der Waals surface area (Å²) in [7, 11) is -3.17. The van der Waals surface area contributed by atoms with E-state index in [1.165, 1.54) is 6.07 Å². The predicted molar refractivity (Wildman–Crippen MR) is 78.7 cm³/mol. The quantitative estimate of drug-likeness (QED) is 0.651. The number of sulfone groups is 1. The van der Waals surface area contributed by atoms with Gasteiger partial charge >= 0.3 is 5.97 Å². The smallest absolute Gasteiger partial charge is 0.307 e. The molecule has 21 heavy (non-hydrogen) atoms. The van der Waals surface area contributed by atoms with Gasteiger partial charge in [-0.2, -0.15) is 0 Å². The second kappa shape index (κ2) is 7.19. The number of carbonyl (C=O) groups excluding carboxylic acids is 1. The Bertz CT molecular complexity index is 627. The number of anilines is 1. The van der Waals surface area contributed by atoms with Crippen LogP contribution >= 0.6 is 0 Å². The number of benzene rings is 1. The average Bonchev–Trinajstić information content (AvgIpc) is 2.34. The molecule has 116 valence electrons. The number of nitrogens with one attached hydrogen (secondary N) is 1. The predicted octanol–water partition coefficient (Wildman–Crippen LogP) is 0.0142. The molecular formula is C13H18N2O5S. The van der Waals surface area contributed by atoms with Crippen molar-refractivity contribution in [2.45, 2.75) is 18.9 Å². The van der Waals surface area contributed by atoms with E-state index >= 15 is 0 Å². The molecule has 1 aromatic rings. The Labute approximate surface area is 123 Å². The van der Waals surface area contributed by atoms with E-state index in [1.807, 2.05) is 0 Å². The molecule has 0 radical (unpaired) electrons. The summed E-state index contributed by atoms with van der Waals surface area (Å²) >= 11 is 0. The zero-order valence-corrected chi connectivity index (χ0v) is 12.4. The van der Waals surface area contributed by atoms with Gasteiger partial charge in [0.2, 0.25) is 5.91 Å². The van der Waals surface area contributed by atoms with E-state index in [-0.39, 0.29) is 18.6 Å². The highest BCUT2D eigenvalue weighted by Crippen LogP contribution is 2.12. The molecule has 0 aliphatic carbocycles. The lowest BCUT2D eigenvalue weighted by atomic mass is 10.1. The first-order valence-electron chi connectivity index (χ1n) is 6.22. The fourth-order valence-corrected chi connectivity index (χ4v) is 2.32. The van der Waals surface area contributed by atoms with Gasteiger partial charge in [0.1, 0.15) is 9.84 Å². The second-order valence-corrected chi connectivity index (χ2v) is 7.04. The van der Waals surface area contributed by atoms with Crippen LogP contribution in [0.1, 0.15) is 12.0 Å². The van der Waals surface area contributed by atoms with E-state index in [0.717, 1.165) is 6.26 Å². The van der Waals surface area contributed by atoms with Gasteiger partial charge in [-0.1, -0.05) is 12.1 Å². The molecule has 8 heteroatoms. The van der Waals surface area contributed by atoms with E-state index in [1.54, 1.807) is 18.2 Å². The van der Waals surface area contributed by atoms with Crippen molar-refractivity contribution in [3.63, 3.8) is 0 Å². The average molecular weight is 314 g/mol. The van der Waals surface area contributed by atoms with Crippen LogP contribution in [0.2, 0.25) is 0 Å². The summed E-state index contributed by atoms with van der Waals surface area (Å²) < 4.78 is 22.0. The lowest BCUT2D eigenvalue weighted by Gasteiger charge is -2.12. The Morgan fingerprint density at radius 1 is 1.38 bits per heavy atom. The molecule has 1 unspecified atom stereocenters. The van der Waals surface area contributed by atoms with Crippen LogP contribution in [0.3, 0.4) is 0 Å². The third-order valence-corrected chi connectivity index (χ3v) is 3.66. The minimum absolute atomic E-state index is 0.0273. The minimum atomic E-state index is -3.17. The monoisotopic (exact) mass is 314 g/mol. The number of aliphatic carboxylic acids is 1. The van der Waals surface area contributed by atoms with Gasteiger partial charge < -0.3 is 16.2 Å². The summed E-state index contributed by atoms with van der Waals surface area (Å²) in [6.45, 7) is 0. The molecular weight excluding hydrogens is 296 g/mol. The largest absolute Gasteiger partial charge is 0.481 e. The molecule has 1 rings (SSSR count). The molecule has 0 saturated carbocycles. The van der Waals surface area contributed by atoms with Crippen LogP contribution in [0.15, 0.2) is 24.3 Å². The summed E-state index contributed by atoms with van der Waals surface area (Å²) in [5.74, 6) is -1.64. The van der Waals surface area contributed by atoms with Crippen molar-refractivity contribution in [1.29, 1.82) is 0 Å². The molecule has 0 saturated heterocycles. The Balaban J connectivity index is 2.63. The topological polar surface area (TPSA) is 127 Å². The lowest BCUT2D eigenvalue weighted by molar-refractivity contribution is -0.136. The van der Waals surface area contributed by atoms with Crippen molar-refractivity contribution in [2.75, 3.05) is 17.3 Å². The van der Waals surface area contributed by atoms with E-state index < -0.39 is 27.8 Å². The van der Waals surface area contributed by atoms with Crippen molar-refractivity contribution in [3.8, 4) is 0 Å². The van der Waals surface area contributed by atoms with Crippen molar-refractivity contribution in [1.82, 2.24) is 0 Å². The first kappa shape index (κ1) is 17.1. The van der Waals surface area contributed by atoms with Gasteiger partial charge in [0.25, 0.3) is 0 Å². The van der Waals surface area contributed by atoms with Crippen LogP contribution in [-0.2, 0) is 25.8 Å². The molecule has 7 nitrogen and oxygen atoms in total. The Hall–Kier alpha value is -1.93. The molecule has 1 atom stereocenters. The number of hydrogen-bond donors (Lipinski definition) is 3. The molecule has 0 aliphatic rings. The Morgan fingerprint density at radius 2 is 2.05 bits per heavy atom. The number of carbonyl (C=O) groups is 2. The molecule has 1 aromatic carbocycles. The van der Waals surface area contributed by atoms with E-state index in [9.17, 15) is 18.0 Å². The fraction of sp³-hybridized carbons (Fsp3) is 0.385. The van der Waals surface area contributed by atoms with Crippen molar-refractivity contribution < 1.29 is 23.1 Å². The number of carboxylic acids is 1. The van der Waals surface area contributed by atoms with Gasteiger partial charge in [0.15, 0.2) is 0 Å². The van der Waals surface area contributed by atoms with Crippen LogP contribution in [0.4, 0.5) is 5.69 Å². The number of amides is 1. The number of rotatable bonds is 7. The SMILES string of the molecule is CS(=O)(=O)CCC(N)C(=O)Nc1cccc(CC(=O)O)c1. The number of carboxylic acid groups (broad SMARTS) is 1. The highest BCUT2D eigenvalue weighted by molar-refractivity contribution is 7.90. The van der Waals surface area contributed by atoms with E-state index in [4.69, 9.17) is 10.8 Å². The maximum Gasteiger partial charge on any atom is 0.307 e. The maximum absolute atomic E-state index is 11.8. The third kappa shape index (κ3) is 6.87. The van der Waals surface area contributed by atoms with Gasteiger partial charge in [0.05, 0.1) is 18.2 Å². The first-order chi connectivity index (χ1) is 9.67. The fourth-order valence-electron chi connectivity index (χ4n) is 1.64. The van der Waals surface area contributed by atoms with Crippen LogP contribution in [0.5, 0.6) is 0 Å². The summed E-state index contributed by atoms with van der Waals surface area (Å²) in [5, 5.41) is 11.2. The van der Waals surface area contributed by atoms with Crippen LogP contribution in [-0.4, -0.2) is 43.5 Å². The molecule has 0 aromatic heterocycles. The summed E-state index contributed by atoms with van der Waals surface area (Å²) in [6.07, 6.45) is 0.955. The van der Waals surface area contributed by atoms with Crippen molar-refractivity contribution in [2.24, 2.45) is 5.73 Å². The van der Waals surface area contributed by atoms with Crippen LogP contribution in [0, 0.1) is 0 Å². The minimum Gasteiger partial charge on any atom is -0.481 e. The number of nitrogens with two attached hydrogens (primary N) is 1. The van der Waals surface area contributed by atoms with Gasteiger partial charge in [0, 0.05) is 11.9 Å². The molecule has 4 N–H and O–H groups in total. The zero-order chi connectivity index (χ0) is 16.0. The normalized spacial score (nSPS) is 12.7. The number of hydrogen-bond acceptors (Lipinski definition) is 5. The second-order valence-electron chi connectivity index (χ2n) is 4.79. The third-order valence-electron chi connectivity index (χ3n) is 2.69. The molecule has 0 aliphatic heterocycles. The Morgan fingerprint density at radius 3 is 2.62 bits per heavy atom. The Kier molecular flexibility index (Phi) is 5.86. The first-order valence-corrected chi connectivity index (χ1v) is 8.28. The van der Waals surface area contributed by atoms with Gasteiger partial charge in [-0.15, -0.1) is 0 Å². The molecule has 0 spiro atoms. The van der Waals surface area contributed by atoms with Gasteiger partial charge in [-0.25, -0.2) is 8.42 Å². The lowest BCUT2D eigenvalue weighted by Crippen LogP contribution is -2.37. The summed E-state index contributed by atoms with van der Waals surface area (Å²) in [6, 6.07) is 5.45. The zero-order valence-electron chi connectivity index (χ0n) is 11.6. The molecule has 0 heterocycles. The standard InChI is InChI=1S/C13H18N2O5S/c1-21(19,20)6-5-11(14)13(18)15-10-4-2-3-9(7-10)8-12(16)17/h2-4,7,11H,5-6,8,14H2,1H3,(H,15,18)(H,16,17). The summed E-state index contributed by atoms with van der Waals surface area (Å²) in [4.78, 5) is 22.4. The molecule has 0 fully saturated rings. The van der Waals surface area contributed by atoms with Crippen LogP contribution < -0.4 is 11.1 Å². The van der Waals surface area contributed by atoms with E-state index in [2.05, 4.69) is 5.32 Å². The van der Waals surface area contributed by atoms with E-state index in [0.29, 0.717) is 11.3 Å². The van der Waals surface area contributed by atoms with Gasteiger partial charge in [-0.05, 0) is 24.1 Å². The summed E-state index contributed by atoms with van der Waals surface area (Å²) in [5.41, 5.74) is 6.59. The molecule has 0 bridgehead atoms. The highest BCUT2D eigenvalue weighted by atomic mass is 32.2.